The van der Waals surface area contributed by atoms with Crippen LogP contribution in [0, 0.1) is 0 Å². The minimum Gasteiger partial charge on any atom is -0.399 e. The van der Waals surface area contributed by atoms with Crippen LogP contribution in [0.15, 0.2) is 18.2 Å². The average molecular weight is 312 g/mol. The van der Waals surface area contributed by atoms with Crippen LogP contribution in [0.25, 0.3) is 0 Å². The van der Waals surface area contributed by atoms with Gasteiger partial charge in [0.25, 0.3) is 0 Å². The topological polar surface area (TPSA) is 67.6 Å². The standard InChI is InChI=1S/C15H22ClN3O2/c1-10(2)18-15(20)14-9-21-6-5-19(14)8-11-7-12(17)3-4-13(11)16/h3-4,7,10,14H,5-6,8-9,17H2,1-2H3,(H,18,20). The fourth-order valence-electron chi connectivity index (χ4n) is 2.38. The van der Waals surface area contributed by atoms with Crippen molar-refractivity contribution in [3.05, 3.63) is 28.8 Å². The molecule has 1 amide bonds. The Morgan fingerprint density at radius 2 is 2.33 bits per heavy atom. The predicted octanol–water partition coefficient (Wildman–Crippen LogP) is 1.65. The van der Waals surface area contributed by atoms with Gasteiger partial charge in [0.15, 0.2) is 0 Å². The molecule has 0 saturated carbocycles. The zero-order chi connectivity index (χ0) is 15.4. The monoisotopic (exact) mass is 311 g/mol. The largest absolute Gasteiger partial charge is 0.399 e. The van der Waals surface area contributed by atoms with Gasteiger partial charge in [-0.3, -0.25) is 9.69 Å². The summed E-state index contributed by atoms with van der Waals surface area (Å²) in [7, 11) is 0. The lowest BCUT2D eigenvalue weighted by molar-refractivity contribution is -0.133. The number of nitrogens with zero attached hydrogens (tertiary/aromatic N) is 1. The number of nitrogen functional groups attached to an aromatic ring is 1. The fourth-order valence-corrected chi connectivity index (χ4v) is 2.56. The second-order valence-corrected chi connectivity index (χ2v) is 5.98. The number of morpholine rings is 1. The Bertz CT molecular complexity index is 508. The van der Waals surface area contributed by atoms with E-state index in [1.807, 2.05) is 19.9 Å². The van der Waals surface area contributed by atoms with E-state index in [4.69, 9.17) is 22.1 Å². The molecule has 1 atom stereocenters. The van der Waals surface area contributed by atoms with Crippen LogP contribution in [-0.2, 0) is 16.1 Å². The van der Waals surface area contributed by atoms with Gasteiger partial charge in [0, 0.05) is 29.8 Å². The summed E-state index contributed by atoms with van der Waals surface area (Å²) < 4.78 is 5.45. The van der Waals surface area contributed by atoms with Gasteiger partial charge in [-0.2, -0.15) is 0 Å². The molecular formula is C15H22ClN3O2. The van der Waals surface area contributed by atoms with Crippen LogP contribution in [0.2, 0.25) is 5.02 Å². The maximum Gasteiger partial charge on any atom is 0.239 e. The molecule has 1 saturated heterocycles. The van der Waals surface area contributed by atoms with E-state index in [2.05, 4.69) is 10.2 Å². The van der Waals surface area contributed by atoms with Crippen molar-refractivity contribution in [3.63, 3.8) is 0 Å². The number of anilines is 1. The molecule has 1 heterocycles. The third-order valence-corrected chi connectivity index (χ3v) is 3.78. The first-order chi connectivity index (χ1) is 9.97. The molecule has 1 unspecified atom stereocenters. The molecule has 0 spiro atoms. The number of nitrogens with two attached hydrogens (primary N) is 1. The molecular weight excluding hydrogens is 290 g/mol. The zero-order valence-electron chi connectivity index (χ0n) is 12.4. The Kier molecular flexibility index (Phi) is 5.45. The maximum absolute atomic E-state index is 12.3. The molecule has 0 aromatic heterocycles. The lowest BCUT2D eigenvalue weighted by atomic mass is 10.1. The lowest BCUT2D eigenvalue weighted by Gasteiger charge is -2.35. The van der Waals surface area contributed by atoms with Crippen molar-refractivity contribution in [2.24, 2.45) is 0 Å². The number of amides is 1. The Hall–Kier alpha value is -1.30. The van der Waals surface area contributed by atoms with Crippen LogP contribution in [0.1, 0.15) is 19.4 Å². The van der Waals surface area contributed by atoms with Crippen LogP contribution >= 0.6 is 11.6 Å². The van der Waals surface area contributed by atoms with Crippen LogP contribution in [0.5, 0.6) is 0 Å². The Balaban J connectivity index is 2.11. The van der Waals surface area contributed by atoms with Crippen LogP contribution in [0.4, 0.5) is 5.69 Å². The van der Waals surface area contributed by atoms with Gasteiger partial charge in [-0.05, 0) is 37.6 Å². The average Bonchev–Trinajstić information content (AvgIpc) is 2.42. The molecule has 1 fully saturated rings. The highest BCUT2D eigenvalue weighted by Crippen LogP contribution is 2.22. The molecule has 3 N–H and O–H groups in total. The maximum atomic E-state index is 12.3. The number of hydrogen-bond donors (Lipinski definition) is 2. The van der Waals surface area contributed by atoms with Gasteiger partial charge < -0.3 is 15.8 Å². The highest BCUT2D eigenvalue weighted by molar-refractivity contribution is 6.31. The Morgan fingerprint density at radius 3 is 3.05 bits per heavy atom. The highest BCUT2D eigenvalue weighted by Gasteiger charge is 2.30. The molecule has 1 aliphatic heterocycles. The number of ether oxygens (including phenoxy) is 1. The molecule has 116 valence electrons. The van der Waals surface area contributed by atoms with E-state index in [9.17, 15) is 4.79 Å². The number of carbonyl (C=O) groups is 1. The van der Waals surface area contributed by atoms with E-state index < -0.39 is 0 Å². The Morgan fingerprint density at radius 1 is 1.57 bits per heavy atom. The molecule has 1 aromatic rings. The van der Waals surface area contributed by atoms with Crippen molar-refractivity contribution >= 4 is 23.2 Å². The van der Waals surface area contributed by atoms with E-state index in [-0.39, 0.29) is 18.0 Å². The second kappa shape index (κ2) is 7.11. The van der Waals surface area contributed by atoms with E-state index >= 15 is 0 Å². The first-order valence-electron chi connectivity index (χ1n) is 7.13. The summed E-state index contributed by atoms with van der Waals surface area (Å²) in [6.45, 7) is 6.19. The van der Waals surface area contributed by atoms with Crippen LogP contribution in [0.3, 0.4) is 0 Å². The molecule has 5 nitrogen and oxygen atoms in total. The molecule has 2 rings (SSSR count). The number of nitrogens with one attached hydrogen (secondary N) is 1. The van der Waals surface area contributed by atoms with Gasteiger partial charge in [-0.15, -0.1) is 0 Å². The lowest BCUT2D eigenvalue weighted by Crippen LogP contribution is -2.54. The summed E-state index contributed by atoms with van der Waals surface area (Å²) in [6.07, 6.45) is 0. The highest BCUT2D eigenvalue weighted by atomic mass is 35.5. The number of rotatable bonds is 4. The molecule has 6 heteroatoms. The van der Waals surface area contributed by atoms with Crippen LogP contribution in [-0.4, -0.2) is 42.6 Å². The molecule has 0 bridgehead atoms. The quantitative estimate of drug-likeness (QED) is 0.830. The summed E-state index contributed by atoms with van der Waals surface area (Å²) in [4.78, 5) is 14.4. The van der Waals surface area contributed by atoms with E-state index in [0.717, 1.165) is 5.56 Å². The first-order valence-corrected chi connectivity index (χ1v) is 7.51. The van der Waals surface area contributed by atoms with Gasteiger partial charge in [0.1, 0.15) is 6.04 Å². The number of carbonyl (C=O) groups excluding carboxylic acids is 1. The van der Waals surface area contributed by atoms with Gasteiger partial charge >= 0.3 is 0 Å². The van der Waals surface area contributed by atoms with Crippen LogP contribution < -0.4 is 11.1 Å². The number of benzene rings is 1. The van der Waals surface area contributed by atoms with Gasteiger partial charge in [-0.25, -0.2) is 0 Å². The van der Waals surface area contributed by atoms with E-state index in [0.29, 0.717) is 37.0 Å². The third-order valence-electron chi connectivity index (χ3n) is 3.42. The Labute approximate surface area is 130 Å². The van der Waals surface area contributed by atoms with Crippen molar-refractivity contribution in [1.82, 2.24) is 10.2 Å². The summed E-state index contributed by atoms with van der Waals surface area (Å²) in [5, 5.41) is 3.60. The summed E-state index contributed by atoms with van der Waals surface area (Å²) in [5.74, 6) is -0.00951. The molecule has 0 aliphatic carbocycles. The van der Waals surface area contributed by atoms with E-state index in [1.54, 1.807) is 12.1 Å². The minimum atomic E-state index is -0.293. The fraction of sp³-hybridized carbons (Fsp3) is 0.533. The molecule has 1 aromatic carbocycles. The van der Waals surface area contributed by atoms with Crippen molar-refractivity contribution in [1.29, 1.82) is 0 Å². The zero-order valence-corrected chi connectivity index (χ0v) is 13.2. The normalized spacial score (nSPS) is 19.7. The first kappa shape index (κ1) is 16.1. The summed E-state index contributed by atoms with van der Waals surface area (Å²) in [5.41, 5.74) is 7.42. The van der Waals surface area contributed by atoms with Crippen molar-refractivity contribution in [2.45, 2.75) is 32.5 Å². The van der Waals surface area contributed by atoms with Gasteiger partial charge in [0.2, 0.25) is 5.91 Å². The SMILES string of the molecule is CC(C)NC(=O)C1COCCN1Cc1cc(N)ccc1Cl. The van der Waals surface area contributed by atoms with Crippen molar-refractivity contribution in [2.75, 3.05) is 25.5 Å². The molecule has 21 heavy (non-hydrogen) atoms. The van der Waals surface area contributed by atoms with Crippen molar-refractivity contribution < 1.29 is 9.53 Å². The minimum absolute atomic E-state index is 0.00951. The van der Waals surface area contributed by atoms with E-state index in [1.165, 1.54) is 0 Å². The summed E-state index contributed by atoms with van der Waals surface area (Å²) in [6, 6.07) is 5.23. The third kappa shape index (κ3) is 4.33. The summed E-state index contributed by atoms with van der Waals surface area (Å²) >= 11 is 6.21. The molecule has 1 aliphatic rings. The smallest absolute Gasteiger partial charge is 0.239 e. The predicted molar refractivity (Wildman–Crippen MR) is 84.2 cm³/mol. The number of halogens is 1. The molecule has 0 radical (unpaired) electrons. The van der Waals surface area contributed by atoms with Gasteiger partial charge in [0.05, 0.1) is 13.2 Å². The number of hydrogen-bond acceptors (Lipinski definition) is 4. The second-order valence-electron chi connectivity index (χ2n) is 5.58. The van der Waals surface area contributed by atoms with Gasteiger partial charge in [-0.1, -0.05) is 11.6 Å². The van der Waals surface area contributed by atoms with Crippen molar-refractivity contribution in [3.8, 4) is 0 Å².